The average molecular weight is 161 g/mol. The van der Waals surface area contributed by atoms with Crippen LogP contribution in [0.5, 0.6) is 0 Å². The third kappa shape index (κ3) is 2.67. The molecular formula is C6H9O5-. The van der Waals surface area contributed by atoms with Gasteiger partial charge in [-0.05, 0) is 5.57 Å². The monoisotopic (exact) mass is 161 g/mol. The maximum atomic E-state index is 10.00. The molecule has 0 saturated heterocycles. The van der Waals surface area contributed by atoms with Crippen molar-refractivity contribution >= 4 is 5.97 Å². The molecule has 64 valence electrons. The van der Waals surface area contributed by atoms with Crippen LogP contribution in [-0.4, -0.2) is 40.1 Å². The standard InChI is InChI=1S/C6H10O5/c1-3(6(10)11)5(9)4(8)2-7/h4-5,7-9H,1-2H2,(H,10,11)/p-1. The lowest BCUT2D eigenvalue weighted by Gasteiger charge is -2.18. The van der Waals surface area contributed by atoms with Crippen LogP contribution in [0.1, 0.15) is 0 Å². The van der Waals surface area contributed by atoms with Gasteiger partial charge >= 0.3 is 0 Å². The Morgan fingerprint density at radius 1 is 1.55 bits per heavy atom. The Morgan fingerprint density at radius 3 is 2.27 bits per heavy atom. The molecule has 0 aliphatic rings. The summed E-state index contributed by atoms with van der Waals surface area (Å²) in [5, 5.41) is 35.8. The number of hydrogen-bond acceptors (Lipinski definition) is 5. The van der Waals surface area contributed by atoms with Crippen LogP contribution in [0.3, 0.4) is 0 Å². The topological polar surface area (TPSA) is 101 Å². The zero-order valence-corrected chi connectivity index (χ0v) is 5.73. The average Bonchev–Trinajstić information content (AvgIpc) is 2.00. The molecule has 0 saturated carbocycles. The van der Waals surface area contributed by atoms with Crippen LogP contribution < -0.4 is 5.11 Å². The molecule has 11 heavy (non-hydrogen) atoms. The number of aliphatic hydroxyl groups is 3. The molecule has 0 rings (SSSR count). The highest BCUT2D eigenvalue weighted by atomic mass is 16.4. The van der Waals surface area contributed by atoms with Gasteiger partial charge in [-0.1, -0.05) is 6.58 Å². The summed E-state index contributed by atoms with van der Waals surface area (Å²) in [5.41, 5.74) is -0.647. The predicted octanol–water partition coefficient (Wildman–Crippen LogP) is -2.99. The van der Waals surface area contributed by atoms with Crippen molar-refractivity contribution in [3.8, 4) is 0 Å². The first-order valence-corrected chi connectivity index (χ1v) is 2.87. The molecule has 0 bridgehead atoms. The molecule has 5 nitrogen and oxygen atoms in total. The number of carboxylic acid groups (broad SMARTS) is 1. The normalized spacial score (nSPS) is 15.5. The fourth-order valence-corrected chi connectivity index (χ4v) is 0.453. The predicted molar refractivity (Wildman–Crippen MR) is 33.2 cm³/mol. The largest absolute Gasteiger partial charge is 0.545 e. The van der Waals surface area contributed by atoms with Gasteiger partial charge in [-0.3, -0.25) is 0 Å². The highest BCUT2D eigenvalue weighted by molar-refractivity contribution is 5.85. The Labute approximate surface area is 63.2 Å². The van der Waals surface area contributed by atoms with Crippen molar-refractivity contribution in [1.29, 1.82) is 0 Å². The molecule has 0 spiro atoms. The van der Waals surface area contributed by atoms with Crippen molar-refractivity contribution in [1.82, 2.24) is 0 Å². The minimum absolute atomic E-state index is 0.647. The van der Waals surface area contributed by atoms with E-state index in [1.807, 2.05) is 0 Å². The SMILES string of the molecule is C=C(C(=O)[O-])C(O)C(O)CO. The Kier molecular flexibility index (Phi) is 3.73. The van der Waals surface area contributed by atoms with E-state index in [4.69, 9.17) is 15.3 Å². The first-order chi connectivity index (χ1) is 5.00. The summed E-state index contributed by atoms with van der Waals surface area (Å²) in [6.07, 6.45) is -3.20. The summed E-state index contributed by atoms with van der Waals surface area (Å²) in [4.78, 5) is 10.00. The number of aliphatic carboxylic acids is 1. The van der Waals surface area contributed by atoms with E-state index in [-0.39, 0.29) is 0 Å². The smallest absolute Gasteiger partial charge is 0.108 e. The van der Waals surface area contributed by atoms with Crippen molar-refractivity contribution in [2.75, 3.05) is 6.61 Å². The van der Waals surface area contributed by atoms with Crippen LogP contribution in [0.2, 0.25) is 0 Å². The molecule has 0 fully saturated rings. The zero-order valence-electron chi connectivity index (χ0n) is 5.73. The summed E-state index contributed by atoms with van der Waals surface area (Å²) < 4.78 is 0. The van der Waals surface area contributed by atoms with Gasteiger partial charge in [0, 0.05) is 0 Å². The van der Waals surface area contributed by atoms with Crippen LogP contribution >= 0.6 is 0 Å². The van der Waals surface area contributed by atoms with Gasteiger partial charge in [-0.2, -0.15) is 0 Å². The Balaban J connectivity index is 4.13. The lowest BCUT2D eigenvalue weighted by atomic mass is 10.1. The second-order valence-electron chi connectivity index (χ2n) is 2.01. The first kappa shape index (κ1) is 10.1. The lowest BCUT2D eigenvalue weighted by Crippen LogP contribution is -2.38. The summed E-state index contributed by atoms with van der Waals surface area (Å²) in [7, 11) is 0. The van der Waals surface area contributed by atoms with Crippen molar-refractivity contribution in [3.63, 3.8) is 0 Å². The highest BCUT2D eigenvalue weighted by Gasteiger charge is 2.18. The molecule has 5 heteroatoms. The van der Waals surface area contributed by atoms with E-state index < -0.39 is 30.4 Å². The van der Waals surface area contributed by atoms with Gasteiger partial charge in [0.05, 0.1) is 12.6 Å². The number of rotatable bonds is 4. The van der Waals surface area contributed by atoms with Crippen molar-refractivity contribution in [2.24, 2.45) is 0 Å². The van der Waals surface area contributed by atoms with E-state index in [1.165, 1.54) is 0 Å². The van der Waals surface area contributed by atoms with Gasteiger partial charge in [0.2, 0.25) is 0 Å². The Morgan fingerprint density at radius 2 is 2.00 bits per heavy atom. The summed E-state index contributed by atoms with van der Waals surface area (Å²) >= 11 is 0. The summed E-state index contributed by atoms with van der Waals surface area (Å²) in [5.74, 6) is -1.65. The van der Waals surface area contributed by atoms with Crippen LogP contribution in [-0.2, 0) is 4.79 Å². The molecule has 0 aliphatic heterocycles. The number of carbonyl (C=O) groups excluding carboxylic acids is 1. The van der Waals surface area contributed by atoms with Crippen LogP contribution in [0.25, 0.3) is 0 Å². The highest BCUT2D eigenvalue weighted by Crippen LogP contribution is 2.02. The van der Waals surface area contributed by atoms with Crippen molar-refractivity contribution in [3.05, 3.63) is 12.2 Å². The molecule has 2 atom stereocenters. The van der Waals surface area contributed by atoms with Crippen LogP contribution in [0, 0.1) is 0 Å². The molecule has 0 heterocycles. The molecule has 0 aliphatic carbocycles. The van der Waals surface area contributed by atoms with Gasteiger partial charge < -0.3 is 25.2 Å². The fourth-order valence-electron chi connectivity index (χ4n) is 0.453. The Bertz CT molecular complexity index is 164. The van der Waals surface area contributed by atoms with Gasteiger partial charge in [-0.15, -0.1) is 0 Å². The third-order valence-electron chi connectivity index (χ3n) is 1.17. The van der Waals surface area contributed by atoms with Gasteiger partial charge in [-0.25, -0.2) is 0 Å². The van der Waals surface area contributed by atoms with E-state index in [0.717, 1.165) is 0 Å². The summed E-state index contributed by atoms with van der Waals surface area (Å²) in [6.45, 7) is 2.21. The molecule has 0 amide bonds. The van der Waals surface area contributed by atoms with E-state index in [1.54, 1.807) is 0 Å². The molecule has 3 N–H and O–H groups in total. The zero-order chi connectivity index (χ0) is 9.02. The van der Waals surface area contributed by atoms with Crippen LogP contribution in [0.4, 0.5) is 0 Å². The van der Waals surface area contributed by atoms with Crippen molar-refractivity contribution in [2.45, 2.75) is 12.2 Å². The number of carboxylic acids is 1. The quantitative estimate of drug-likeness (QED) is 0.382. The van der Waals surface area contributed by atoms with Gasteiger partial charge in [0.1, 0.15) is 12.2 Å². The number of carbonyl (C=O) groups is 1. The lowest BCUT2D eigenvalue weighted by molar-refractivity contribution is -0.300. The fraction of sp³-hybridized carbons (Fsp3) is 0.500. The van der Waals surface area contributed by atoms with E-state index in [2.05, 4.69) is 6.58 Å². The maximum absolute atomic E-state index is 10.00. The minimum Gasteiger partial charge on any atom is -0.545 e. The van der Waals surface area contributed by atoms with Crippen LogP contribution in [0.15, 0.2) is 12.2 Å². The van der Waals surface area contributed by atoms with Gasteiger partial charge in [0.15, 0.2) is 0 Å². The molecule has 0 aromatic carbocycles. The third-order valence-corrected chi connectivity index (χ3v) is 1.17. The second-order valence-corrected chi connectivity index (χ2v) is 2.01. The van der Waals surface area contributed by atoms with Crippen molar-refractivity contribution < 1.29 is 25.2 Å². The number of hydrogen-bond donors (Lipinski definition) is 3. The minimum atomic E-state index is -1.68. The number of aliphatic hydroxyl groups excluding tert-OH is 3. The maximum Gasteiger partial charge on any atom is 0.108 e. The first-order valence-electron chi connectivity index (χ1n) is 2.87. The summed E-state index contributed by atoms with van der Waals surface area (Å²) in [6, 6.07) is 0. The van der Waals surface area contributed by atoms with E-state index in [0.29, 0.717) is 0 Å². The Hall–Kier alpha value is -0.910. The van der Waals surface area contributed by atoms with E-state index in [9.17, 15) is 9.90 Å². The van der Waals surface area contributed by atoms with Gasteiger partial charge in [0.25, 0.3) is 0 Å². The molecular weight excluding hydrogens is 152 g/mol. The molecule has 2 unspecified atom stereocenters. The van der Waals surface area contributed by atoms with E-state index >= 15 is 0 Å². The second kappa shape index (κ2) is 4.07. The molecule has 0 aromatic rings. The molecule has 0 radical (unpaired) electrons. The molecule has 0 aromatic heterocycles.